The molecule has 0 unspecified atom stereocenters. The zero-order chi connectivity index (χ0) is 20.0. The average Bonchev–Trinajstić information content (AvgIpc) is 2.50. The van der Waals surface area contributed by atoms with Gasteiger partial charge in [0.1, 0.15) is 0 Å². The summed E-state index contributed by atoms with van der Waals surface area (Å²) in [6.45, 7) is 9.67. The van der Waals surface area contributed by atoms with Gasteiger partial charge in [0.25, 0.3) is 0 Å². The summed E-state index contributed by atoms with van der Waals surface area (Å²) in [5.74, 6) is 0.584. The van der Waals surface area contributed by atoms with E-state index in [2.05, 4.69) is 41.7 Å². The molecule has 1 aliphatic rings. The minimum absolute atomic E-state index is 0.00188. The predicted molar refractivity (Wildman–Crippen MR) is 96.4 cm³/mol. The van der Waals surface area contributed by atoms with E-state index in [-0.39, 0.29) is 24.7 Å². The first-order valence-electron chi connectivity index (χ1n) is 8.73. The Bertz CT molecular complexity index is 565. The first kappa shape index (κ1) is 23.0. The van der Waals surface area contributed by atoms with Gasteiger partial charge in [-0.05, 0) is 40.5 Å². The number of alkyl halides is 3. The number of sulfonamides is 1. The molecule has 154 valence electrons. The second-order valence-corrected chi connectivity index (χ2v) is 9.14. The van der Waals surface area contributed by atoms with E-state index < -0.39 is 15.5 Å². The van der Waals surface area contributed by atoms with Crippen molar-refractivity contribution in [1.82, 2.24) is 20.3 Å². The molecule has 0 bridgehead atoms. The van der Waals surface area contributed by atoms with E-state index in [0.29, 0.717) is 42.7 Å². The van der Waals surface area contributed by atoms with Gasteiger partial charge >= 0.3 is 15.5 Å². The molecule has 0 radical (unpaired) electrons. The van der Waals surface area contributed by atoms with Crippen LogP contribution < -0.4 is 16.0 Å². The lowest BCUT2D eigenvalue weighted by Crippen LogP contribution is -2.51. The van der Waals surface area contributed by atoms with E-state index >= 15 is 0 Å². The van der Waals surface area contributed by atoms with Crippen LogP contribution in [0.1, 0.15) is 40.5 Å². The molecule has 0 atom stereocenters. The average molecular weight is 401 g/mol. The predicted octanol–water partition coefficient (Wildman–Crippen LogP) is 1.24. The Balaban J connectivity index is 2.54. The number of halogens is 3. The second-order valence-electron chi connectivity index (χ2n) is 7.21. The Morgan fingerprint density at radius 1 is 1.19 bits per heavy atom. The molecule has 0 saturated carbocycles. The van der Waals surface area contributed by atoms with E-state index in [1.165, 1.54) is 0 Å². The van der Waals surface area contributed by atoms with Crippen LogP contribution in [0.2, 0.25) is 0 Å². The van der Waals surface area contributed by atoms with Gasteiger partial charge in [-0.3, -0.25) is 4.99 Å². The number of hydrogen-bond acceptors (Lipinski definition) is 4. The lowest BCUT2D eigenvalue weighted by Gasteiger charge is -2.32. The quantitative estimate of drug-likeness (QED) is 0.354. The van der Waals surface area contributed by atoms with Crippen LogP contribution in [0.5, 0.6) is 0 Å². The molecule has 0 aromatic carbocycles. The molecule has 1 rings (SSSR count). The van der Waals surface area contributed by atoms with E-state index in [1.54, 1.807) is 0 Å². The minimum Gasteiger partial charge on any atom is -0.357 e. The molecule has 3 N–H and O–H groups in total. The Kier molecular flexibility index (Phi) is 8.15. The number of nitrogens with zero attached hydrogens (tertiary/aromatic N) is 2. The monoisotopic (exact) mass is 401 g/mol. The third kappa shape index (κ3) is 7.28. The van der Waals surface area contributed by atoms with Crippen LogP contribution in [0.3, 0.4) is 0 Å². The Morgan fingerprint density at radius 2 is 1.77 bits per heavy atom. The van der Waals surface area contributed by atoms with E-state index in [0.717, 1.165) is 0 Å². The standard InChI is InChI=1S/C15H30F3N5O2S/c1-5-19-13(20-8-9-21-14(2,3)4)22-12-6-10-23(11-7-12)26(24,25)15(16,17)18/h12,21H,5-11H2,1-4H3,(H2,19,20,22). The molecule has 1 heterocycles. The lowest BCUT2D eigenvalue weighted by molar-refractivity contribution is -0.0494. The smallest absolute Gasteiger partial charge is 0.357 e. The van der Waals surface area contributed by atoms with Crippen LogP contribution in [0.4, 0.5) is 13.2 Å². The number of aliphatic imine (C=N–C) groups is 1. The SMILES string of the molecule is CCNC(=NCCNC(C)(C)C)NC1CCN(S(=O)(=O)C(F)(F)F)CC1. The highest BCUT2D eigenvalue weighted by Gasteiger charge is 2.50. The highest BCUT2D eigenvalue weighted by molar-refractivity contribution is 7.90. The summed E-state index contributed by atoms with van der Waals surface area (Å²) in [6.07, 6.45) is 0.583. The maximum Gasteiger partial charge on any atom is 0.511 e. The van der Waals surface area contributed by atoms with Crippen molar-refractivity contribution in [2.24, 2.45) is 4.99 Å². The molecule has 0 aliphatic carbocycles. The maximum absolute atomic E-state index is 12.6. The number of hydrogen-bond donors (Lipinski definition) is 3. The fourth-order valence-electron chi connectivity index (χ4n) is 2.50. The molecule has 1 fully saturated rings. The zero-order valence-corrected chi connectivity index (χ0v) is 16.6. The van der Waals surface area contributed by atoms with Crippen molar-refractivity contribution in [3.63, 3.8) is 0 Å². The van der Waals surface area contributed by atoms with Crippen LogP contribution >= 0.6 is 0 Å². The Morgan fingerprint density at radius 3 is 2.23 bits per heavy atom. The summed E-state index contributed by atoms with van der Waals surface area (Å²) in [7, 11) is -5.24. The molecule has 0 spiro atoms. The fraction of sp³-hybridized carbons (Fsp3) is 0.933. The van der Waals surface area contributed by atoms with Crippen molar-refractivity contribution in [2.75, 3.05) is 32.7 Å². The van der Waals surface area contributed by atoms with Crippen molar-refractivity contribution in [2.45, 2.75) is 57.6 Å². The molecule has 1 saturated heterocycles. The normalized spacial score (nSPS) is 18.8. The van der Waals surface area contributed by atoms with Gasteiger partial charge in [0.15, 0.2) is 5.96 Å². The summed E-state index contributed by atoms with van der Waals surface area (Å²) >= 11 is 0. The summed E-state index contributed by atoms with van der Waals surface area (Å²) in [4.78, 5) is 4.44. The molecular formula is C15H30F3N5O2S. The molecule has 11 heteroatoms. The number of nitrogens with one attached hydrogen (secondary N) is 3. The van der Waals surface area contributed by atoms with Gasteiger partial charge in [-0.25, -0.2) is 8.42 Å². The molecule has 26 heavy (non-hydrogen) atoms. The van der Waals surface area contributed by atoms with Gasteiger partial charge in [0.2, 0.25) is 0 Å². The summed E-state index contributed by atoms with van der Waals surface area (Å²) in [5.41, 5.74) is -5.25. The largest absolute Gasteiger partial charge is 0.511 e. The van der Waals surface area contributed by atoms with Crippen molar-refractivity contribution in [3.8, 4) is 0 Å². The summed E-state index contributed by atoms with van der Waals surface area (Å²) in [5, 5.41) is 9.58. The topological polar surface area (TPSA) is 85.8 Å². The van der Waals surface area contributed by atoms with E-state index in [4.69, 9.17) is 0 Å². The van der Waals surface area contributed by atoms with Gasteiger partial charge in [0.05, 0.1) is 6.54 Å². The fourth-order valence-corrected chi connectivity index (χ4v) is 3.48. The number of guanidine groups is 1. The van der Waals surface area contributed by atoms with Crippen LogP contribution in [0.15, 0.2) is 4.99 Å². The van der Waals surface area contributed by atoms with Crippen LogP contribution in [0.25, 0.3) is 0 Å². The third-order valence-electron chi connectivity index (χ3n) is 3.81. The maximum atomic E-state index is 12.6. The molecular weight excluding hydrogens is 371 g/mol. The summed E-state index contributed by atoms with van der Waals surface area (Å²) < 4.78 is 61.2. The molecule has 1 aliphatic heterocycles. The van der Waals surface area contributed by atoms with E-state index in [1.807, 2.05) is 6.92 Å². The van der Waals surface area contributed by atoms with Gasteiger partial charge in [-0.2, -0.15) is 17.5 Å². The first-order chi connectivity index (χ1) is 11.9. The van der Waals surface area contributed by atoms with Crippen LogP contribution in [0, 0.1) is 0 Å². The number of rotatable bonds is 6. The molecule has 0 aromatic heterocycles. The zero-order valence-electron chi connectivity index (χ0n) is 15.8. The highest BCUT2D eigenvalue weighted by Crippen LogP contribution is 2.28. The van der Waals surface area contributed by atoms with E-state index in [9.17, 15) is 21.6 Å². The van der Waals surface area contributed by atoms with Crippen molar-refractivity contribution in [1.29, 1.82) is 0 Å². The van der Waals surface area contributed by atoms with Gasteiger partial charge in [-0.15, -0.1) is 0 Å². The Hall–Kier alpha value is -1.07. The lowest BCUT2D eigenvalue weighted by atomic mass is 10.1. The Labute approximate surface area is 153 Å². The molecule has 0 aromatic rings. The van der Waals surface area contributed by atoms with Crippen molar-refractivity contribution >= 4 is 16.0 Å². The second kappa shape index (κ2) is 9.23. The third-order valence-corrected chi connectivity index (χ3v) is 5.44. The van der Waals surface area contributed by atoms with Gasteiger partial charge in [0, 0.05) is 37.8 Å². The number of piperidine rings is 1. The van der Waals surface area contributed by atoms with Crippen molar-refractivity contribution in [3.05, 3.63) is 0 Å². The van der Waals surface area contributed by atoms with Crippen LogP contribution in [-0.4, -0.2) is 68.5 Å². The van der Waals surface area contributed by atoms with Crippen LogP contribution in [-0.2, 0) is 10.0 Å². The minimum atomic E-state index is -5.25. The van der Waals surface area contributed by atoms with Gasteiger partial charge < -0.3 is 16.0 Å². The van der Waals surface area contributed by atoms with Crippen molar-refractivity contribution < 1.29 is 21.6 Å². The summed E-state index contributed by atoms with van der Waals surface area (Å²) in [6, 6.07) is -0.122. The first-order valence-corrected chi connectivity index (χ1v) is 10.2. The highest BCUT2D eigenvalue weighted by atomic mass is 32.2. The van der Waals surface area contributed by atoms with Gasteiger partial charge in [-0.1, -0.05) is 0 Å². The molecule has 7 nitrogen and oxygen atoms in total. The molecule has 0 amide bonds.